The zero-order chi connectivity index (χ0) is 13.5. The van der Waals surface area contributed by atoms with E-state index in [-0.39, 0.29) is 12.2 Å². The maximum atomic E-state index is 11.5. The number of nitrogens with two attached hydrogens (primary N) is 1. The van der Waals surface area contributed by atoms with E-state index in [0.29, 0.717) is 12.4 Å². The van der Waals surface area contributed by atoms with E-state index in [1.54, 1.807) is 24.4 Å². The van der Waals surface area contributed by atoms with Gasteiger partial charge in [-0.3, -0.25) is 4.79 Å². The van der Waals surface area contributed by atoms with Crippen molar-refractivity contribution in [3.8, 4) is 0 Å². The molecule has 1 atom stereocenters. The molecule has 1 aliphatic heterocycles. The van der Waals surface area contributed by atoms with Crippen molar-refractivity contribution in [1.29, 1.82) is 0 Å². The van der Waals surface area contributed by atoms with Crippen molar-refractivity contribution in [2.75, 3.05) is 12.3 Å². The number of hydroxylamine groups is 1. The molecule has 1 saturated heterocycles. The van der Waals surface area contributed by atoms with Crippen molar-refractivity contribution in [2.45, 2.75) is 25.6 Å². The van der Waals surface area contributed by atoms with E-state index >= 15 is 0 Å². The number of rotatable bonds is 4. The third kappa shape index (κ3) is 4.69. The van der Waals surface area contributed by atoms with Crippen molar-refractivity contribution in [1.82, 2.24) is 10.5 Å². The molecule has 6 nitrogen and oxygen atoms in total. The summed E-state index contributed by atoms with van der Waals surface area (Å²) in [5.41, 5.74) is 8.59. The standard InChI is InChI=1S/C13H17N3O3/c14-11-6-4-10(9-15-11)5-7-12(17)16-19-13-3-1-2-8-18-13/h4-7,9,13H,1-3,8H2,(H2,14,15)(H,16,17)/b7-5+. The van der Waals surface area contributed by atoms with Crippen LogP contribution in [0.5, 0.6) is 0 Å². The van der Waals surface area contributed by atoms with Gasteiger partial charge in [-0.25, -0.2) is 15.3 Å². The Morgan fingerprint density at radius 3 is 3.11 bits per heavy atom. The third-order valence-electron chi connectivity index (χ3n) is 2.67. The average Bonchev–Trinajstić information content (AvgIpc) is 2.45. The average molecular weight is 263 g/mol. The van der Waals surface area contributed by atoms with Crippen molar-refractivity contribution in [3.05, 3.63) is 30.0 Å². The van der Waals surface area contributed by atoms with Crippen LogP contribution in [0.4, 0.5) is 5.82 Å². The van der Waals surface area contributed by atoms with Gasteiger partial charge in [0.05, 0.1) is 0 Å². The summed E-state index contributed by atoms with van der Waals surface area (Å²) in [4.78, 5) is 20.6. The summed E-state index contributed by atoms with van der Waals surface area (Å²) < 4.78 is 5.32. The topological polar surface area (TPSA) is 86.5 Å². The molecule has 0 radical (unpaired) electrons. The number of nitrogens with zero attached hydrogens (tertiary/aromatic N) is 1. The lowest BCUT2D eigenvalue weighted by Gasteiger charge is -2.21. The molecule has 1 aromatic rings. The van der Waals surface area contributed by atoms with E-state index < -0.39 is 0 Å². The van der Waals surface area contributed by atoms with Crippen LogP contribution in [0.3, 0.4) is 0 Å². The Labute approximate surface area is 111 Å². The number of carbonyl (C=O) groups excluding carboxylic acids is 1. The largest absolute Gasteiger partial charge is 0.384 e. The van der Waals surface area contributed by atoms with E-state index in [1.807, 2.05) is 0 Å². The van der Waals surface area contributed by atoms with E-state index in [1.165, 1.54) is 6.08 Å². The number of anilines is 1. The van der Waals surface area contributed by atoms with E-state index in [4.69, 9.17) is 15.3 Å². The van der Waals surface area contributed by atoms with Gasteiger partial charge < -0.3 is 10.5 Å². The van der Waals surface area contributed by atoms with Crippen LogP contribution >= 0.6 is 0 Å². The molecule has 0 aliphatic carbocycles. The molecule has 102 valence electrons. The molecule has 19 heavy (non-hydrogen) atoms. The summed E-state index contributed by atoms with van der Waals surface area (Å²) >= 11 is 0. The summed E-state index contributed by atoms with van der Waals surface area (Å²) in [5.74, 6) is 0.102. The number of aromatic nitrogens is 1. The molecular formula is C13H17N3O3. The fourth-order valence-electron chi connectivity index (χ4n) is 1.65. The van der Waals surface area contributed by atoms with Crippen molar-refractivity contribution < 1.29 is 14.4 Å². The molecule has 0 saturated carbocycles. The summed E-state index contributed by atoms with van der Waals surface area (Å²) in [6.45, 7) is 0.674. The van der Waals surface area contributed by atoms with Gasteiger partial charge in [0.15, 0.2) is 6.29 Å². The van der Waals surface area contributed by atoms with Crippen LogP contribution in [0.1, 0.15) is 24.8 Å². The monoisotopic (exact) mass is 263 g/mol. The van der Waals surface area contributed by atoms with E-state index in [0.717, 1.165) is 24.8 Å². The smallest absolute Gasteiger partial charge is 0.267 e. The maximum Gasteiger partial charge on any atom is 0.267 e. The summed E-state index contributed by atoms with van der Waals surface area (Å²) in [6.07, 6.45) is 7.13. The Bertz CT molecular complexity index is 439. The fourth-order valence-corrected chi connectivity index (χ4v) is 1.65. The van der Waals surface area contributed by atoms with E-state index in [2.05, 4.69) is 10.5 Å². The molecule has 2 heterocycles. The molecular weight excluding hydrogens is 246 g/mol. The Kier molecular flexibility index (Phi) is 4.88. The van der Waals surface area contributed by atoms with Crippen LogP contribution < -0.4 is 11.2 Å². The van der Waals surface area contributed by atoms with Crippen molar-refractivity contribution in [2.24, 2.45) is 0 Å². The second-order valence-electron chi connectivity index (χ2n) is 4.23. The van der Waals surface area contributed by atoms with Gasteiger partial charge in [-0.2, -0.15) is 0 Å². The number of hydrogen-bond donors (Lipinski definition) is 2. The lowest BCUT2D eigenvalue weighted by Crippen LogP contribution is -2.32. The molecule has 1 aromatic heterocycles. The molecule has 2 rings (SSSR count). The van der Waals surface area contributed by atoms with Gasteiger partial charge in [0.2, 0.25) is 0 Å². The zero-order valence-electron chi connectivity index (χ0n) is 10.5. The van der Waals surface area contributed by atoms with Crippen LogP contribution in [-0.4, -0.2) is 23.8 Å². The summed E-state index contributed by atoms with van der Waals surface area (Å²) in [7, 11) is 0. The number of carbonyl (C=O) groups is 1. The first kappa shape index (κ1) is 13.5. The van der Waals surface area contributed by atoms with Crippen LogP contribution in [-0.2, 0) is 14.4 Å². The lowest BCUT2D eigenvalue weighted by molar-refractivity contribution is -0.198. The number of ether oxygens (including phenoxy) is 1. The highest BCUT2D eigenvalue weighted by Gasteiger charge is 2.14. The maximum absolute atomic E-state index is 11.5. The van der Waals surface area contributed by atoms with Crippen molar-refractivity contribution >= 4 is 17.8 Å². The molecule has 0 aromatic carbocycles. The molecule has 0 bridgehead atoms. The number of hydrogen-bond acceptors (Lipinski definition) is 5. The first-order valence-electron chi connectivity index (χ1n) is 6.21. The van der Waals surface area contributed by atoms with Crippen LogP contribution in [0, 0.1) is 0 Å². The van der Waals surface area contributed by atoms with Gasteiger partial charge in [-0.15, -0.1) is 0 Å². The van der Waals surface area contributed by atoms with Crippen LogP contribution in [0.25, 0.3) is 6.08 Å². The molecule has 1 unspecified atom stereocenters. The Morgan fingerprint density at radius 1 is 1.53 bits per heavy atom. The Balaban J connectivity index is 1.75. The minimum atomic E-state index is -0.343. The van der Waals surface area contributed by atoms with Crippen LogP contribution in [0.15, 0.2) is 24.4 Å². The molecule has 3 N–H and O–H groups in total. The minimum Gasteiger partial charge on any atom is -0.384 e. The highest BCUT2D eigenvalue weighted by molar-refractivity contribution is 5.90. The first-order valence-corrected chi connectivity index (χ1v) is 6.21. The van der Waals surface area contributed by atoms with Gasteiger partial charge in [0.1, 0.15) is 5.82 Å². The van der Waals surface area contributed by atoms with Gasteiger partial charge in [0.25, 0.3) is 5.91 Å². The third-order valence-corrected chi connectivity index (χ3v) is 2.67. The predicted molar refractivity (Wildman–Crippen MR) is 70.5 cm³/mol. The number of nitrogens with one attached hydrogen (secondary N) is 1. The highest BCUT2D eigenvalue weighted by atomic mass is 16.8. The van der Waals surface area contributed by atoms with Gasteiger partial charge in [-0.05, 0) is 36.6 Å². The Morgan fingerprint density at radius 2 is 2.42 bits per heavy atom. The SMILES string of the molecule is Nc1ccc(/C=C/C(=O)NOC2CCCCO2)cn1. The minimum absolute atomic E-state index is 0.342. The zero-order valence-corrected chi connectivity index (χ0v) is 10.5. The summed E-state index contributed by atoms with van der Waals surface area (Å²) in [6, 6.07) is 3.45. The number of nitrogen functional groups attached to an aromatic ring is 1. The second kappa shape index (κ2) is 6.86. The molecule has 1 fully saturated rings. The van der Waals surface area contributed by atoms with Gasteiger partial charge in [0, 0.05) is 25.3 Å². The first-order chi connectivity index (χ1) is 9.24. The predicted octanol–water partition coefficient (Wildman–Crippen LogP) is 1.25. The fraction of sp³-hybridized carbons (Fsp3) is 0.385. The normalized spacial score (nSPS) is 19.5. The highest BCUT2D eigenvalue weighted by Crippen LogP contribution is 2.12. The number of pyridine rings is 1. The summed E-state index contributed by atoms with van der Waals surface area (Å²) in [5, 5.41) is 0. The second-order valence-corrected chi connectivity index (χ2v) is 4.23. The number of amides is 1. The van der Waals surface area contributed by atoms with Crippen LogP contribution in [0.2, 0.25) is 0 Å². The lowest BCUT2D eigenvalue weighted by atomic mass is 10.2. The van der Waals surface area contributed by atoms with Crippen molar-refractivity contribution in [3.63, 3.8) is 0 Å². The molecule has 1 amide bonds. The Hall–Kier alpha value is -1.92. The molecule has 1 aliphatic rings. The quantitative estimate of drug-likeness (QED) is 0.630. The molecule has 0 spiro atoms. The molecule has 6 heteroatoms. The van der Waals surface area contributed by atoms with Gasteiger partial charge >= 0.3 is 0 Å². The van der Waals surface area contributed by atoms with Gasteiger partial charge in [-0.1, -0.05) is 0 Å². The van der Waals surface area contributed by atoms with E-state index in [9.17, 15) is 4.79 Å².